The number of alkyl halides is 2. The zero-order valence-corrected chi connectivity index (χ0v) is 9.95. The van der Waals surface area contributed by atoms with Gasteiger partial charge in [0.05, 0.1) is 6.54 Å². The maximum atomic E-state index is 12.0. The van der Waals surface area contributed by atoms with E-state index in [0.717, 1.165) is 4.90 Å². The predicted octanol–water partition coefficient (Wildman–Crippen LogP) is 2.44. The van der Waals surface area contributed by atoms with Gasteiger partial charge in [-0.15, -0.1) is 0 Å². The van der Waals surface area contributed by atoms with Crippen LogP contribution in [0.1, 0.15) is 0 Å². The highest BCUT2D eigenvalue weighted by atomic mass is 35.5. The second-order valence-electron chi connectivity index (χ2n) is 3.36. The first kappa shape index (κ1) is 13.7. The van der Waals surface area contributed by atoms with Crippen LogP contribution in [0.25, 0.3) is 0 Å². The Morgan fingerprint density at radius 1 is 1.41 bits per heavy atom. The largest absolute Gasteiger partial charge is 0.492 e. The van der Waals surface area contributed by atoms with Crippen molar-refractivity contribution in [3.8, 4) is 5.75 Å². The van der Waals surface area contributed by atoms with E-state index < -0.39 is 12.3 Å². The summed E-state index contributed by atoms with van der Waals surface area (Å²) in [6, 6.07) is 6.64. The normalized spacial score (nSPS) is 10.4. The van der Waals surface area contributed by atoms with Gasteiger partial charge in [-0.1, -0.05) is 11.6 Å². The second kappa shape index (κ2) is 6.39. The maximum absolute atomic E-state index is 12.0. The fourth-order valence-electron chi connectivity index (χ4n) is 1.11. The minimum absolute atomic E-state index is 0.103. The van der Waals surface area contributed by atoms with Crippen LogP contribution in [0, 0.1) is 0 Å². The Labute approximate surface area is 103 Å². The molecular formula is C11H12ClF2NO2. The number of benzene rings is 1. The molecule has 0 aliphatic rings. The Kier molecular flexibility index (Phi) is 5.15. The maximum Gasteiger partial charge on any atom is 0.315 e. The van der Waals surface area contributed by atoms with Gasteiger partial charge in [0, 0.05) is 12.1 Å². The minimum Gasteiger partial charge on any atom is -0.492 e. The summed E-state index contributed by atoms with van der Waals surface area (Å²) in [5, 5.41) is 0.586. The third-order valence-electron chi connectivity index (χ3n) is 2.07. The SMILES string of the molecule is CN(CCOc1ccc(Cl)cc1)C(=O)C(F)F. The van der Waals surface area contributed by atoms with E-state index in [9.17, 15) is 13.6 Å². The minimum atomic E-state index is -2.98. The van der Waals surface area contributed by atoms with Gasteiger partial charge in [0.2, 0.25) is 0 Å². The lowest BCUT2D eigenvalue weighted by Gasteiger charge is -2.16. The summed E-state index contributed by atoms with van der Waals surface area (Å²) < 4.78 is 29.3. The molecule has 0 saturated heterocycles. The molecule has 0 unspecified atom stereocenters. The van der Waals surface area contributed by atoms with E-state index >= 15 is 0 Å². The van der Waals surface area contributed by atoms with Gasteiger partial charge in [-0.3, -0.25) is 4.79 Å². The van der Waals surface area contributed by atoms with E-state index in [-0.39, 0.29) is 13.2 Å². The van der Waals surface area contributed by atoms with Gasteiger partial charge < -0.3 is 9.64 Å². The number of ether oxygens (including phenoxy) is 1. The van der Waals surface area contributed by atoms with Crippen LogP contribution < -0.4 is 4.74 Å². The van der Waals surface area contributed by atoms with Crippen molar-refractivity contribution in [2.24, 2.45) is 0 Å². The van der Waals surface area contributed by atoms with Gasteiger partial charge in [0.25, 0.3) is 5.91 Å². The molecule has 0 spiro atoms. The molecule has 0 bridgehead atoms. The molecular weight excluding hydrogens is 252 g/mol. The van der Waals surface area contributed by atoms with Gasteiger partial charge in [0.1, 0.15) is 12.4 Å². The van der Waals surface area contributed by atoms with E-state index in [0.29, 0.717) is 10.8 Å². The fourth-order valence-corrected chi connectivity index (χ4v) is 1.23. The lowest BCUT2D eigenvalue weighted by atomic mass is 10.3. The first-order valence-electron chi connectivity index (χ1n) is 4.92. The van der Waals surface area contributed by atoms with Crippen LogP contribution in [-0.4, -0.2) is 37.4 Å². The van der Waals surface area contributed by atoms with Crippen LogP contribution in [0.4, 0.5) is 8.78 Å². The molecule has 0 heterocycles. The zero-order chi connectivity index (χ0) is 12.8. The molecule has 1 rings (SSSR count). The number of hydrogen-bond donors (Lipinski definition) is 0. The summed E-state index contributed by atoms with van der Waals surface area (Å²) in [5.74, 6) is -0.628. The number of carbonyl (C=O) groups excluding carboxylic acids is 1. The lowest BCUT2D eigenvalue weighted by Crippen LogP contribution is -2.35. The van der Waals surface area contributed by atoms with Crippen molar-refractivity contribution in [2.45, 2.75) is 6.43 Å². The molecule has 0 N–H and O–H groups in total. The molecule has 1 aromatic carbocycles. The molecule has 1 aromatic rings. The second-order valence-corrected chi connectivity index (χ2v) is 3.80. The number of amides is 1. The summed E-state index contributed by atoms with van der Waals surface area (Å²) >= 11 is 5.68. The first-order valence-corrected chi connectivity index (χ1v) is 5.30. The summed E-state index contributed by atoms with van der Waals surface area (Å²) in [6.45, 7) is 0.252. The quantitative estimate of drug-likeness (QED) is 0.817. The van der Waals surface area contributed by atoms with Crippen LogP contribution in [0.2, 0.25) is 5.02 Å². The molecule has 6 heteroatoms. The molecule has 0 aliphatic heterocycles. The van der Waals surface area contributed by atoms with Gasteiger partial charge >= 0.3 is 6.43 Å². The highest BCUT2D eigenvalue weighted by Gasteiger charge is 2.19. The number of carbonyl (C=O) groups is 1. The fraction of sp³-hybridized carbons (Fsp3) is 0.364. The summed E-state index contributed by atoms with van der Waals surface area (Å²) in [5.41, 5.74) is 0. The highest BCUT2D eigenvalue weighted by molar-refractivity contribution is 6.30. The van der Waals surface area contributed by atoms with Crippen LogP contribution in [0.15, 0.2) is 24.3 Å². The molecule has 17 heavy (non-hydrogen) atoms. The molecule has 0 aromatic heterocycles. The highest BCUT2D eigenvalue weighted by Crippen LogP contribution is 2.15. The third kappa shape index (κ3) is 4.56. The van der Waals surface area contributed by atoms with Gasteiger partial charge in [-0.25, -0.2) is 0 Å². The summed E-state index contributed by atoms with van der Waals surface area (Å²) in [6.07, 6.45) is -2.98. The molecule has 0 radical (unpaired) electrons. The summed E-state index contributed by atoms with van der Waals surface area (Å²) in [7, 11) is 1.31. The smallest absolute Gasteiger partial charge is 0.315 e. The average Bonchev–Trinajstić information content (AvgIpc) is 2.30. The predicted molar refractivity (Wildman–Crippen MR) is 60.6 cm³/mol. The Balaban J connectivity index is 2.33. The van der Waals surface area contributed by atoms with Crippen LogP contribution in [0.5, 0.6) is 5.75 Å². The Morgan fingerprint density at radius 3 is 2.53 bits per heavy atom. The van der Waals surface area contributed by atoms with E-state index in [1.54, 1.807) is 24.3 Å². The summed E-state index contributed by atoms with van der Waals surface area (Å²) in [4.78, 5) is 11.8. The Hall–Kier alpha value is -1.36. The standard InChI is InChI=1S/C11H12ClF2NO2/c1-15(11(16)10(13)14)6-7-17-9-4-2-8(12)3-5-9/h2-5,10H,6-7H2,1H3. The van der Waals surface area contributed by atoms with Crippen LogP contribution in [-0.2, 0) is 4.79 Å². The van der Waals surface area contributed by atoms with Gasteiger partial charge in [-0.05, 0) is 24.3 Å². The van der Waals surface area contributed by atoms with Crippen LogP contribution >= 0.6 is 11.6 Å². The van der Waals surface area contributed by atoms with Crippen molar-refractivity contribution in [1.29, 1.82) is 0 Å². The molecule has 0 aliphatic carbocycles. The van der Waals surface area contributed by atoms with Crippen LogP contribution in [0.3, 0.4) is 0 Å². The van der Waals surface area contributed by atoms with Gasteiger partial charge in [0.15, 0.2) is 0 Å². The number of rotatable bonds is 5. The van der Waals surface area contributed by atoms with Crippen molar-refractivity contribution in [3.63, 3.8) is 0 Å². The van der Waals surface area contributed by atoms with Gasteiger partial charge in [-0.2, -0.15) is 8.78 Å². The van der Waals surface area contributed by atoms with Crippen molar-refractivity contribution < 1.29 is 18.3 Å². The number of nitrogens with zero attached hydrogens (tertiary/aromatic N) is 1. The van der Waals surface area contributed by atoms with Crippen molar-refractivity contribution in [3.05, 3.63) is 29.3 Å². The van der Waals surface area contributed by atoms with E-state index in [4.69, 9.17) is 16.3 Å². The first-order chi connectivity index (χ1) is 8.00. The van der Waals surface area contributed by atoms with Crippen molar-refractivity contribution in [2.75, 3.05) is 20.2 Å². The Bertz CT molecular complexity index is 370. The molecule has 94 valence electrons. The van der Waals surface area contributed by atoms with E-state index in [1.807, 2.05) is 0 Å². The molecule has 1 amide bonds. The topological polar surface area (TPSA) is 29.5 Å². The monoisotopic (exact) mass is 263 g/mol. The Morgan fingerprint density at radius 2 is 2.00 bits per heavy atom. The zero-order valence-electron chi connectivity index (χ0n) is 9.20. The number of likely N-dealkylation sites (N-methyl/N-ethyl adjacent to an activating group) is 1. The molecule has 3 nitrogen and oxygen atoms in total. The number of halogens is 3. The molecule has 0 atom stereocenters. The molecule has 0 saturated carbocycles. The lowest BCUT2D eigenvalue weighted by molar-refractivity contribution is -0.141. The average molecular weight is 264 g/mol. The van der Waals surface area contributed by atoms with Crippen molar-refractivity contribution >= 4 is 17.5 Å². The van der Waals surface area contributed by atoms with E-state index in [2.05, 4.69) is 0 Å². The third-order valence-corrected chi connectivity index (χ3v) is 2.32. The molecule has 0 fully saturated rings. The van der Waals surface area contributed by atoms with Crippen molar-refractivity contribution in [1.82, 2.24) is 4.90 Å². The van der Waals surface area contributed by atoms with E-state index in [1.165, 1.54) is 7.05 Å². The number of hydrogen-bond acceptors (Lipinski definition) is 2.